The lowest BCUT2D eigenvalue weighted by atomic mass is 10.1. The van der Waals surface area contributed by atoms with Crippen LogP contribution in [-0.4, -0.2) is 21.0 Å². The van der Waals surface area contributed by atoms with Crippen LogP contribution in [0.5, 0.6) is 0 Å². The monoisotopic (exact) mass is 271 g/mol. The number of rotatable bonds is 3. The third-order valence-corrected chi connectivity index (χ3v) is 4.01. The molecule has 0 aliphatic carbocycles. The summed E-state index contributed by atoms with van der Waals surface area (Å²) in [5.41, 5.74) is 7.42. The highest BCUT2D eigenvalue weighted by molar-refractivity contribution is 7.90. The number of carbonyl (C=O) groups excluding carboxylic acids is 1. The van der Waals surface area contributed by atoms with Crippen LogP contribution >= 0.6 is 0 Å². The van der Waals surface area contributed by atoms with Gasteiger partial charge in [-0.15, -0.1) is 0 Å². The molecule has 7 heteroatoms. The van der Waals surface area contributed by atoms with E-state index in [-0.39, 0.29) is 4.90 Å². The Kier molecular flexibility index (Phi) is 4.18. The van der Waals surface area contributed by atoms with Crippen molar-refractivity contribution in [1.29, 1.82) is 0 Å². The molecule has 4 N–H and O–H groups in total. The molecule has 0 aliphatic rings. The summed E-state index contributed by atoms with van der Waals surface area (Å²) in [5.74, 6) is 0. The van der Waals surface area contributed by atoms with Crippen molar-refractivity contribution in [2.24, 2.45) is 0 Å². The highest BCUT2D eigenvalue weighted by Crippen LogP contribution is 2.23. The predicted molar refractivity (Wildman–Crippen MR) is 69.7 cm³/mol. The first-order valence-electron chi connectivity index (χ1n) is 5.46. The van der Waals surface area contributed by atoms with E-state index in [0.29, 0.717) is 17.8 Å². The van der Waals surface area contributed by atoms with Crippen molar-refractivity contribution in [1.82, 2.24) is 10.0 Å². The van der Waals surface area contributed by atoms with Crippen molar-refractivity contribution in [3.05, 3.63) is 23.3 Å². The van der Waals surface area contributed by atoms with E-state index in [2.05, 4.69) is 5.32 Å². The number of sulfonamides is 1. The van der Waals surface area contributed by atoms with E-state index in [0.717, 1.165) is 5.56 Å². The maximum Gasteiger partial charge on any atom is 0.328 e. The van der Waals surface area contributed by atoms with E-state index in [1.54, 1.807) is 26.8 Å². The zero-order valence-corrected chi connectivity index (χ0v) is 11.4. The highest BCUT2D eigenvalue weighted by atomic mass is 32.2. The van der Waals surface area contributed by atoms with Crippen LogP contribution in [0.1, 0.15) is 18.1 Å². The minimum atomic E-state index is -3.89. The van der Waals surface area contributed by atoms with E-state index < -0.39 is 16.1 Å². The van der Waals surface area contributed by atoms with Crippen LogP contribution in [0, 0.1) is 13.8 Å². The first-order valence-corrected chi connectivity index (χ1v) is 6.94. The van der Waals surface area contributed by atoms with Crippen molar-refractivity contribution in [2.45, 2.75) is 25.7 Å². The number of hydrogen-bond acceptors (Lipinski definition) is 4. The van der Waals surface area contributed by atoms with Crippen LogP contribution < -0.4 is 15.8 Å². The summed E-state index contributed by atoms with van der Waals surface area (Å²) in [4.78, 5) is 11.3. The Morgan fingerprint density at radius 3 is 2.50 bits per heavy atom. The molecule has 1 aromatic carbocycles. The maximum absolute atomic E-state index is 12.0. The van der Waals surface area contributed by atoms with Gasteiger partial charge in [-0.2, -0.15) is 0 Å². The zero-order valence-electron chi connectivity index (χ0n) is 10.6. The van der Waals surface area contributed by atoms with Gasteiger partial charge in [-0.3, -0.25) is 0 Å². The Morgan fingerprint density at radius 2 is 1.94 bits per heavy atom. The fraction of sp³-hybridized carbons (Fsp3) is 0.364. The third kappa shape index (κ3) is 2.92. The van der Waals surface area contributed by atoms with Gasteiger partial charge in [0.25, 0.3) is 10.0 Å². The molecule has 1 aromatic rings. The molecule has 1 rings (SSSR count). The molecule has 0 saturated heterocycles. The second-order valence-electron chi connectivity index (χ2n) is 3.88. The zero-order chi connectivity index (χ0) is 13.9. The molecular weight excluding hydrogens is 254 g/mol. The van der Waals surface area contributed by atoms with Crippen molar-refractivity contribution >= 4 is 21.7 Å². The first kappa shape index (κ1) is 14.3. The average molecular weight is 271 g/mol. The molecule has 0 fully saturated rings. The molecule has 0 bridgehead atoms. The standard InChI is InChI=1S/C11H17N3O3S/c1-4-13-11(15)14-18(16,17)9-6-5-7(2)10(12)8(9)3/h5-6H,4,12H2,1-3H3,(H2,13,14,15). The van der Waals surface area contributed by atoms with E-state index in [1.165, 1.54) is 6.07 Å². The number of aryl methyl sites for hydroxylation is 1. The van der Waals surface area contributed by atoms with Crippen molar-refractivity contribution in [3.8, 4) is 0 Å². The molecule has 0 aromatic heterocycles. The smallest absolute Gasteiger partial charge is 0.328 e. The molecule has 0 spiro atoms. The summed E-state index contributed by atoms with van der Waals surface area (Å²) >= 11 is 0. The van der Waals surface area contributed by atoms with Gasteiger partial charge in [-0.1, -0.05) is 6.07 Å². The summed E-state index contributed by atoms with van der Waals surface area (Å²) in [6.45, 7) is 5.43. The number of nitrogen functional groups attached to an aromatic ring is 1. The molecule has 0 unspecified atom stereocenters. The average Bonchev–Trinajstić information content (AvgIpc) is 2.25. The largest absolute Gasteiger partial charge is 0.398 e. The van der Waals surface area contributed by atoms with Gasteiger partial charge in [-0.25, -0.2) is 17.9 Å². The molecule has 6 nitrogen and oxygen atoms in total. The van der Waals surface area contributed by atoms with Gasteiger partial charge < -0.3 is 11.1 Å². The SMILES string of the molecule is CCNC(=O)NS(=O)(=O)c1ccc(C)c(N)c1C. The summed E-state index contributed by atoms with van der Waals surface area (Å²) in [6.07, 6.45) is 0. The van der Waals surface area contributed by atoms with Crippen molar-refractivity contribution < 1.29 is 13.2 Å². The number of carbonyl (C=O) groups is 1. The summed E-state index contributed by atoms with van der Waals surface area (Å²) in [6, 6.07) is 2.29. The molecule has 18 heavy (non-hydrogen) atoms. The molecule has 0 atom stereocenters. The minimum Gasteiger partial charge on any atom is -0.398 e. The van der Waals surface area contributed by atoms with Gasteiger partial charge in [-0.05, 0) is 38.0 Å². The van der Waals surface area contributed by atoms with E-state index in [9.17, 15) is 13.2 Å². The van der Waals surface area contributed by atoms with Crippen LogP contribution in [0.3, 0.4) is 0 Å². The topological polar surface area (TPSA) is 101 Å². The van der Waals surface area contributed by atoms with Crippen LogP contribution in [0.25, 0.3) is 0 Å². The number of nitrogens with one attached hydrogen (secondary N) is 2. The fourth-order valence-electron chi connectivity index (χ4n) is 1.51. The predicted octanol–water partition coefficient (Wildman–Crippen LogP) is 0.893. The minimum absolute atomic E-state index is 0.0110. The van der Waals surface area contributed by atoms with Gasteiger partial charge in [0.2, 0.25) is 0 Å². The molecule has 2 amide bonds. The lowest BCUT2D eigenvalue weighted by Crippen LogP contribution is -2.39. The van der Waals surface area contributed by atoms with Crippen LogP contribution in [-0.2, 0) is 10.0 Å². The van der Waals surface area contributed by atoms with Gasteiger partial charge in [0, 0.05) is 12.2 Å². The first-order chi connectivity index (χ1) is 8.29. The molecule has 100 valence electrons. The van der Waals surface area contributed by atoms with Crippen LogP contribution in [0.15, 0.2) is 17.0 Å². The van der Waals surface area contributed by atoms with Crippen LogP contribution in [0.2, 0.25) is 0 Å². The molecule has 0 heterocycles. The third-order valence-electron chi connectivity index (χ3n) is 2.54. The number of benzene rings is 1. The van der Waals surface area contributed by atoms with Gasteiger partial charge >= 0.3 is 6.03 Å². The van der Waals surface area contributed by atoms with Gasteiger partial charge in [0.15, 0.2) is 0 Å². The van der Waals surface area contributed by atoms with Gasteiger partial charge in [0.05, 0.1) is 4.90 Å². The number of nitrogens with two attached hydrogens (primary N) is 1. The lowest BCUT2D eigenvalue weighted by molar-refractivity contribution is 0.246. The quantitative estimate of drug-likeness (QED) is 0.711. The molecule has 0 saturated carbocycles. The Morgan fingerprint density at radius 1 is 1.33 bits per heavy atom. The van der Waals surface area contributed by atoms with E-state index in [1.807, 2.05) is 4.72 Å². The summed E-state index contributed by atoms with van der Waals surface area (Å²) in [7, 11) is -3.89. The maximum atomic E-state index is 12.0. The Balaban J connectivity index is 3.14. The Bertz CT molecular complexity index is 567. The lowest BCUT2D eigenvalue weighted by Gasteiger charge is -2.12. The summed E-state index contributed by atoms with van der Waals surface area (Å²) in [5, 5.41) is 2.36. The Labute approximate surface area is 107 Å². The molecular formula is C11H17N3O3S. The molecule has 0 aliphatic heterocycles. The van der Waals surface area contributed by atoms with Crippen molar-refractivity contribution in [2.75, 3.05) is 12.3 Å². The van der Waals surface area contributed by atoms with E-state index in [4.69, 9.17) is 5.73 Å². The fourth-order valence-corrected chi connectivity index (χ4v) is 2.70. The Hall–Kier alpha value is -1.76. The number of hydrogen-bond donors (Lipinski definition) is 3. The van der Waals surface area contributed by atoms with Crippen LogP contribution in [0.4, 0.5) is 10.5 Å². The molecule has 0 radical (unpaired) electrons. The van der Waals surface area contributed by atoms with E-state index >= 15 is 0 Å². The normalized spacial score (nSPS) is 11.1. The van der Waals surface area contributed by atoms with Gasteiger partial charge in [0.1, 0.15) is 0 Å². The number of amides is 2. The second kappa shape index (κ2) is 5.26. The number of anilines is 1. The number of urea groups is 1. The highest BCUT2D eigenvalue weighted by Gasteiger charge is 2.20. The second-order valence-corrected chi connectivity index (χ2v) is 5.54. The van der Waals surface area contributed by atoms with Crippen molar-refractivity contribution in [3.63, 3.8) is 0 Å². The summed E-state index contributed by atoms with van der Waals surface area (Å²) < 4.78 is 25.9.